The van der Waals surface area contributed by atoms with E-state index in [1.807, 2.05) is 0 Å². The number of hydrogen-bond donors (Lipinski definition) is 0. The third-order valence-corrected chi connectivity index (χ3v) is 13.9. The average molecular weight is 643 g/mol. The van der Waals surface area contributed by atoms with Crippen molar-refractivity contribution in [2.75, 3.05) is 0 Å². The van der Waals surface area contributed by atoms with Crippen molar-refractivity contribution in [3.05, 3.63) is 213 Å². The first-order valence-corrected chi connectivity index (χ1v) is 21.2. The summed E-state index contributed by atoms with van der Waals surface area (Å²) in [6, 6.07) is 55.5. The van der Waals surface area contributed by atoms with E-state index < -0.39 is 18.9 Å². The highest BCUT2D eigenvalue weighted by atomic mass is 28.3. The van der Waals surface area contributed by atoms with Gasteiger partial charge in [0, 0.05) is 0 Å². The quantitative estimate of drug-likeness (QED) is 0.165. The van der Waals surface area contributed by atoms with Crippen LogP contribution in [0.3, 0.4) is 0 Å². The zero-order chi connectivity index (χ0) is 33.0. The van der Waals surface area contributed by atoms with Crippen molar-refractivity contribution in [2.24, 2.45) is 0 Å². The largest absolute Gasteiger partial charge is 0.0775 e. The molecule has 234 valence electrons. The average Bonchev–Trinajstić information content (AvgIpc) is 3.60. The molecule has 0 aliphatic heterocycles. The Balaban J connectivity index is 1.31. The molecule has 0 radical (unpaired) electrons. The molecule has 2 spiro atoms. The molecule has 4 aliphatic carbocycles. The van der Waals surface area contributed by atoms with E-state index in [-0.39, 0.29) is 0 Å². The van der Waals surface area contributed by atoms with Crippen molar-refractivity contribution >= 4 is 19.3 Å². The molecule has 0 fully saturated rings. The molecule has 0 heterocycles. The molecular formula is C48H38Si. The Kier molecular flexibility index (Phi) is 5.95. The van der Waals surface area contributed by atoms with Crippen LogP contribution < -0.4 is 5.19 Å². The molecule has 0 saturated heterocycles. The van der Waals surface area contributed by atoms with Crippen LogP contribution in [-0.4, -0.2) is 8.07 Å². The summed E-state index contributed by atoms with van der Waals surface area (Å²) in [5.41, 5.74) is 18.6. The van der Waals surface area contributed by atoms with Gasteiger partial charge >= 0.3 is 0 Å². The summed E-state index contributed by atoms with van der Waals surface area (Å²) in [6.07, 6.45) is 8.23. The Bertz CT molecular complexity index is 2350. The number of benzene rings is 6. The molecule has 4 aliphatic rings. The van der Waals surface area contributed by atoms with Crippen molar-refractivity contribution < 1.29 is 0 Å². The lowest BCUT2D eigenvalue weighted by atomic mass is 9.51. The van der Waals surface area contributed by atoms with Gasteiger partial charge in [-0.2, -0.15) is 0 Å². The summed E-state index contributed by atoms with van der Waals surface area (Å²) in [6.45, 7) is 7.27. The van der Waals surface area contributed by atoms with Crippen LogP contribution in [0.5, 0.6) is 0 Å². The molecule has 0 N–H and O–H groups in total. The standard InChI is InChI=1S/C48H38Si/c1-49(2,3)34-27-24-32(25-28-34)30-33-26-29-45-46(31-33)48(41-20-10-6-16-37(41)38-17-7-11-21-42(38)48)44-23-13-12-22-43(44)47(45)39-18-8-4-14-35(39)36-15-5-9-19-40(36)47/h4-30H,31H2,1-3H3/b33-30-. The van der Waals surface area contributed by atoms with Crippen molar-refractivity contribution in [1.82, 2.24) is 0 Å². The van der Waals surface area contributed by atoms with E-state index in [2.05, 4.69) is 183 Å². The summed E-state index contributed by atoms with van der Waals surface area (Å²) in [5, 5.41) is 1.50. The molecule has 0 nitrogen and oxygen atoms in total. The lowest BCUT2D eigenvalue weighted by Crippen LogP contribution is -2.44. The Morgan fingerprint density at radius 3 is 1.33 bits per heavy atom. The second kappa shape index (κ2) is 10.1. The minimum absolute atomic E-state index is 0.400. The van der Waals surface area contributed by atoms with Crippen LogP contribution in [-0.2, 0) is 10.8 Å². The third kappa shape index (κ3) is 3.69. The fourth-order valence-corrected chi connectivity index (χ4v) is 11.0. The Hall–Kier alpha value is -5.24. The molecule has 0 atom stereocenters. The van der Waals surface area contributed by atoms with Gasteiger partial charge in [0.15, 0.2) is 0 Å². The number of rotatable bonds is 2. The molecule has 10 rings (SSSR count). The van der Waals surface area contributed by atoms with E-state index in [0.29, 0.717) is 0 Å². The second-order valence-electron chi connectivity index (χ2n) is 15.2. The van der Waals surface area contributed by atoms with Gasteiger partial charge in [0.2, 0.25) is 0 Å². The topological polar surface area (TPSA) is 0 Å². The molecule has 0 unspecified atom stereocenters. The predicted octanol–water partition coefficient (Wildman–Crippen LogP) is 11.2. The molecule has 0 amide bonds. The summed E-state index contributed by atoms with van der Waals surface area (Å²) in [4.78, 5) is 0. The second-order valence-corrected chi connectivity index (χ2v) is 20.3. The van der Waals surface area contributed by atoms with E-state index in [4.69, 9.17) is 0 Å². The van der Waals surface area contributed by atoms with Crippen molar-refractivity contribution in [3.8, 4) is 22.3 Å². The molecule has 6 aromatic carbocycles. The maximum absolute atomic E-state index is 2.50. The summed E-state index contributed by atoms with van der Waals surface area (Å²) < 4.78 is 0. The first-order valence-electron chi connectivity index (χ1n) is 17.7. The van der Waals surface area contributed by atoms with E-state index >= 15 is 0 Å². The lowest BCUT2D eigenvalue weighted by Gasteiger charge is -2.50. The minimum atomic E-state index is -1.37. The van der Waals surface area contributed by atoms with Gasteiger partial charge in [-0.3, -0.25) is 0 Å². The first kappa shape index (κ1) is 28.7. The van der Waals surface area contributed by atoms with Gasteiger partial charge in [0.05, 0.1) is 18.9 Å². The molecule has 0 saturated carbocycles. The minimum Gasteiger partial charge on any atom is -0.0656 e. The van der Waals surface area contributed by atoms with E-state index in [0.717, 1.165) is 6.42 Å². The summed E-state index contributed by atoms with van der Waals surface area (Å²) in [5.74, 6) is 0. The molecule has 6 aromatic rings. The molecular weight excluding hydrogens is 605 g/mol. The Morgan fingerprint density at radius 1 is 0.449 bits per heavy atom. The maximum Gasteiger partial charge on any atom is 0.0775 e. The van der Waals surface area contributed by atoms with E-state index in [1.54, 1.807) is 0 Å². The van der Waals surface area contributed by atoms with Crippen LogP contribution >= 0.6 is 0 Å². The number of allylic oxidation sites excluding steroid dienone is 5. The van der Waals surface area contributed by atoms with Gasteiger partial charge in [0.25, 0.3) is 0 Å². The van der Waals surface area contributed by atoms with Crippen molar-refractivity contribution in [2.45, 2.75) is 36.9 Å². The SMILES string of the molecule is C[Si](C)(C)c1ccc(/C=C2/C=CC3=C(C2)C2(c4ccccc4-c4ccccc42)c2ccccc2C32c3ccccc3-c3ccccc32)cc1. The van der Waals surface area contributed by atoms with Gasteiger partial charge in [0.1, 0.15) is 0 Å². The van der Waals surface area contributed by atoms with Gasteiger partial charge in [-0.1, -0.05) is 189 Å². The zero-order valence-electron chi connectivity index (χ0n) is 28.3. The molecule has 0 aromatic heterocycles. The normalized spacial score (nSPS) is 17.8. The lowest BCUT2D eigenvalue weighted by molar-refractivity contribution is 0.606. The van der Waals surface area contributed by atoms with Gasteiger partial charge in [-0.05, 0) is 84.3 Å². The van der Waals surface area contributed by atoms with Crippen LogP contribution in [0.15, 0.2) is 174 Å². The van der Waals surface area contributed by atoms with Crippen LogP contribution in [0.2, 0.25) is 19.6 Å². The fourth-order valence-electron chi connectivity index (χ4n) is 9.84. The molecule has 0 bridgehead atoms. The predicted molar refractivity (Wildman–Crippen MR) is 208 cm³/mol. The maximum atomic E-state index is 2.50. The highest BCUT2D eigenvalue weighted by Crippen LogP contribution is 2.68. The van der Waals surface area contributed by atoms with Crippen LogP contribution in [0.4, 0.5) is 0 Å². The Morgan fingerprint density at radius 2 is 0.857 bits per heavy atom. The van der Waals surface area contributed by atoms with Crippen molar-refractivity contribution in [1.29, 1.82) is 0 Å². The molecule has 49 heavy (non-hydrogen) atoms. The van der Waals surface area contributed by atoms with Gasteiger partial charge in [-0.15, -0.1) is 0 Å². The van der Waals surface area contributed by atoms with Crippen LogP contribution in [0.1, 0.15) is 45.4 Å². The smallest absolute Gasteiger partial charge is 0.0656 e. The zero-order valence-corrected chi connectivity index (χ0v) is 29.3. The molecule has 1 heteroatoms. The van der Waals surface area contributed by atoms with Crippen LogP contribution in [0, 0.1) is 0 Å². The number of hydrogen-bond acceptors (Lipinski definition) is 0. The number of fused-ring (bicyclic) bond motifs is 15. The highest BCUT2D eigenvalue weighted by molar-refractivity contribution is 6.88. The van der Waals surface area contributed by atoms with Crippen LogP contribution in [0.25, 0.3) is 28.3 Å². The Labute approximate surface area is 290 Å². The van der Waals surface area contributed by atoms with E-state index in [9.17, 15) is 0 Å². The third-order valence-electron chi connectivity index (χ3n) is 11.8. The first-order chi connectivity index (χ1) is 23.9. The van der Waals surface area contributed by atoms with Crippen molar-refractivity contribution in [3.63, 3.8) is 0 Å². The monoisotopic (exact) mass is 642 g/mol. The van der Waals surface area contributed by atoms with E-state index in [1.165, 1.54) is 83.1 Å². The van der Waals surface area contributed by atoms with Gasteiger partial charge in [-0.25, -0.2) is 0 Å². The fraction of sp³-hybridized carbons (Fsp3) is 0.125. The summed E-state index contributed by atoms with van der Waals surface area (Å²) >= 11 is 0. The van der Waals surface area contributed by atoms with Gasteiger partial charge < -0.3 is 0 Å². The summed E-state index contributed by atoms with van der Waals surface area (Å²) in [7, 11) is -1.37. The highest BCUT2D eigenvalue weighted by Gasteiger charge is 2.59.